The van der Waals surface area contributed by atoms with Crippen LogP contribution < -0.4 is 0 Å². The Morgan fingerprint density at radius 3 is 1.33 bits per heavy atom. The molecule has 0 aliphatic heterocycles. The molecule has 0 aromatic rings. The average molecular weight is 219 g/mol. The van der Waals surface area contributed by atoms with Crippen LogP contribution in [0.3, 0.4) is 0 Å². The molecule has 0 radical (unpaired) electrons. The SMILES string of the molecule is O.O=C(O)O.[BaH2]. The molecule has 0 unspecified atom stereocenters. The fourth-order valence-corrected chi connectivity index (χ4v) is 0. The van der Waals surface area contributed by atoms with Crippen LogP contribution in [0.2, 0.25) is 0 Å². The Hall–Kier alpha value is 0.801. The third-order valence-electron chi connectivity index (χ3n) is 0. The van der Waals surface area contributed by atoms with Gasteiger partial charge >= 0.3 is 55.0 Å². The van der Waals surface area contributed by atoms with E-state index in [1.807, 2.05) is 0 Å². The van der Waals surface area contributed by atoms with Crippen molar-refractivity contribution in [2.24, 2.45) is 0 Å². The minimum absolute atomic E-state index is 0. The second-order valence-electron chi connectivity index (χ2n) is 0.283. The van der Waals surface area contributed by atoms with Crippen LogP contribution in [0, 0.1) is 0 Å². The zero-order valence-electron chi connectivity index (χ0n) is 2.30. The summed E-state index contributed by atoms with van der Waals surface area (Å²) in [6.45, 7) is 0. The summed E-state index contributed by atoms with van der Waals surface area (Å²) >= 11 is 0. The van der Waals surface area contributed by atoms with Crippen LogP contribution in [0.25, 0.3) is 0 Å². The number of hydrogen-bond donors (Lipinski definition) is 2. The van der Waals surface area contributed by atoms with Gasteiger partial charge < -0.3 is 15.7 Å². The van der Waals surface area contributed by atoms with E-state index in [-0.39, 0.29) is 54.4 Å². The standard InChI is InChI=1S/CH2O3.Ba.H2O.2H/c2-1(3)4;;;;/h(H2,2,3,4);;1H2;;. The maximum atomic E-state index is 8.56. The number of carboxylic acid groups (broad SMARTS) is 2. The summed E-state index contributed by atoms with van der Waals surface area (Å²) in [6, 6.07) is 0. The average Bonchev–Trinajstić information content (AvgIpc) is 0.811. The third-order valence-corrected chi connectivity index (χ3v) is 0. The topological polar surface area (TPSA) is 89.0 Å². The van der Waals surface area contributed by atoms with E-state index in [1.54, 1.807) is 0 Å². The van der Waals surface area contributed by atoms with Gasteiger partial charge in [0.2, 0.25) is 0 Å². The quantitative estimate of drug-likeness (QED) is 0.485. The van der Waals surface area contributed by atoms with Crippen LogP contribution in [0.1, 0.15) is 0 Å². The summed E-state index contributed by atoms with van der Waals surface area (Å²) in [6.07, 6.45) is -1.83. The fraction of sp³-hybridized carbons (Fsp3) is 0. The van der Waals surface area contributed by atoms with Crippen molar-refractivity contribution < 1.29 is 20.5 Å². The molecular weight excluding hydrogens is 213 g/mol. The molecule has 0 aromatic heterocycles. The third kappa shape index (κ3) is 108. The Balaban J connectivity index is -0.0000000450. The monoisotopic (exact) mass is 220 g/mol. The predicted octanol–water partition coefficient (Wildman–Crippen LogP) is -1.52. The first-order chi connectivity index (χ1) is 1.73. The van der Waals surface area contributed by atoms with Gasteiger partial charge in [-0.25, -0.2) is 4.79 Å². The molecule has 0 amide bonds. The van der Waals surface area contributed by atoms with E-state index in [2.05, 4.69) is 0 Å². The van der Waals surface area contributed by atoms with Crippen LogP contribution in [-0.2, 0) is 0 Å². The summed E-state index contributed by atoms with van der Waals surface area (Å²) in [5, 5.41) is 13.9. The first kappa shape index (κ1) is 15.8. The van der Waals surface area contributed by atoms with Gasteiger partial charge in [0.15, 0.2) is 0 Å². The molecule has 0 heterocycles. The maximum absolute atomic E-state index is 8.56. The molecule has 0 rings (SSSR count). The van der Waals surface area contributed by atoms with Crippen LogP contribution in [0.5, 0.6) is 0 Å². The molecule has 0 aromatic carbocycles. The van der Waals surface area contributed by atoms with Crippen molar-refractivity contribution in [1.82, 2.24) is 0 Å². The van der Waals surface area contributed by atoms with E-state index in [1.165, 1.54) is 0 Å². The van der Waals surface area contributed by atoms with Crippen LogP contribution in [0.4, 0.5) is 4.79 Å². The molecule has 0 atom stereocenters. The van der Waals surface area contributed by atoms with Gasteiger partial charge in [-0.3, -0.25) is 0 Å². The molecule has 0 fully saturated rings. The fourth-order valence-electron chi connectivity index (χ4n) is 0. The number of carbonyl (C=O) groups is 1. The van der Waals surface area contributed by atoms with Gasteiger partial charge in [0.05, 0.1) is 0 Å². The summed E-state index contributed by atoms with van der Waals surface area (Å²) in [7, 11) is 0. The van der Waals surface area contributed by atoms with Crippen molar-refractivity contribution in [3.8, 4) is 0 Å². The molecule has 0 aliphatic carbocycles. The normalized spacial score (nSPS) is 4.00. The minimum atomic E-state index is -1.83. The van der Waals surface area contributed by atoms with Crippen LogP contribution in [-0.4, -0.2) is 70.7 Å². The Morgan fingerprint density at radius 1 is 1.33 bits per heavy atom. The van der Waals surface area contributed by atoms with Gasteiger partial charge in [0, 0.05) is 0 Å². The van der Waals surface area contributed by atoms with Crippen molar-refractivity contribution in [1.29, 1.82) is 0 Å². The van der Waals surface area contributed by atoms with Crippen molar-refractivity contribution in [3.63, 3.8) is 0 Å². The molecule has 0 bridgehead atoms. The molecule has 0 saturated carbocycles. The zero-order chi connectivity index (χ0) is 3.58. The van der Waals surface area contributed by atoms with Crippen LogP contribution in [0.15, 0.2) is 0 Å². The second-order valence-corrected chi connectivity index (χ2v) is 0.283. The first-order valence-corrected chi connectivity index (χ1v) is 0.651. The van der Waals surface area contributed by atoms with Gasteiger partial charge in [-0.2, -0.15) is 0 Å². The van der Waals surface area contributed by atoms with Gasteiger partial charge in [-0.05, 0) is 0 Å². The van der Waals surface area contributed by atoms with Crippen molar-refractivity contribution in [2.75, 3.05) is 0 Å². The second kappa shape index (κ2) is 9.26. The van der Waals surface area contributed by atoms with Crippen molar-refractivity contribution in [3.05, 3.63) is 0 Å². The van der Waals surface area contributed by atoms with Gasteiger partial charge in [0.25, 0.3) is 0 Å². The summed E-state index contributed by atoms with van der Waals surface area (Å²) in [5.74, 6) is 0. The Kier molecular flexibility index (Phi) is 24.4. The molecule has 5 heteroatoms. The van der Waals surface area contributed by atoms with E-state index in [4.69, 9.17) is 15.0 Å². The summed E-state index contributed by atoms with van der Waals surface area (Å²) in [5.41, 5.74) is 0. The zero-order valence-corrected chi connectivity index (χ0v) is 2.30. The molecular formula is CH6BaO4. The number of hydrogen-bond acceptors (Lipinski definition) is 1. The molecule has 0 aliphatic rings. The molecule has 36 valence electrons. The van der Waals surface area contributed by atoms with E-state index in [0.717, 1.165) is 0 Å². The summed E-state index contributed by atoms with van der Waals surface area (Å²) in [4.78, 5) is 8.56. The van der Waals surface area contributed by atoms with E-state index >= 15 is 0 Å². The molecule has 6 heavy (non-hydrogen) atoms. The van der Waals surface area contributed by atoms with Crippen LogP contribution >= 0.6 is 0 Å². The number of rotatable bonds is 0. The van der Waals surface area contributed by atoms with E-state index in [9.17, 15) is 0 Å². The van der Waals surface area contributed by atoms with Gasteiger partial charge in [-0.1, -0.05) is 0 Å². The molecule has 4 nitrogen and oxygen atoms in total. The van der Waals surface area contributed by atoms with Crippen molar-refractivity contribution in [2.45, 2.75) is 0 Å². The van der Waals surface area contributed by atoms with Gasteiger partial charge in [0.1, 0.15) is 0 Å². The predicted molar refractivity (Wildman–Crippen MR) is 22.8 cm³/mol. The molecule has 0 spiro atoms. The summed E-state index contributed by atoms with van der Waals surface area (Å²) < 4.78 is 0. The van der Waals surface area contributed by atoms with Crippen molar-refractivity contribution >= 4 is 55.0 Å². The molecule has 4 N–H and O–H groups in total. The first-order valence-electron chi connectivity index (χ1n) is 0.651. The van der Waals surface area contributed by atoms with E-state index < -0.39 is 6.16 Å². The Bertz CT molecular complexity index is 30.5. The Morgan fingerprint density at radius 2 is 1.33 bits per heavy atom. The Labute approximate surface area is 74.5 Å². The molecule has 0 saturated heterocycles. The van der Waals surface area contributed by atoms with Gasteiger partial charge in [-0.15, -0.1) is 0 Å². The van der Waals surface area contributed by atoms with E-state index in [0.29, 0.717) is 0 Å².